The van der Waals surface area contributed by atoms with Crippen molar-refractivity contribution in [1.29, 1.82) is 0 Å². The highest BCUT2D eigenvalue weighted by atomic mass is 16.2. The Morgan fingerprint density at radius 2 is 2.05 bits per heavy atom. The molecule has 4 nitrogen and oxygen atoms in total. The number of nitrogens with one attached hydrogen (secondary N) is 1. The van der Waals surface area contributed by atoms with E-state index in [4.69, 9.17) is 5.73 Å². The molecule has 20 heavy (non-hydrogen) atoms. The smallest absolute Gasteiger partial charge is 0.241 e. The molecule has 1 amide bonds. The predicted molar refractivity (Wildman–Crippen MR) is 82.5 cm³/mol. The fraction of sp³-hybridized carbons (Fsp3) is 0.562. The molecular formula is C16H25N3O. The van der Waals surface area contributed by atoms with E-state index < -0.39 is 0 Å². The van der Waals surface area contributed by atoms with E-state index in [-0.39, 0.29) is 18.0 Å². The quantitative estimate of drug-likeness (QED) is 0.884. The van der Waals surface area contributed by atoms with Gasteiger partial charge >= 0.3 is 0 Å². The molecule has 3 atom stereocenters. The zero-order valence-corrected chi connectivity index (χ0v) is 12.4. The molecule has 0 saturated carbocycles. The molecule has 4 heteroatoms. The summed E-state index contributed by atoms with van der Waals surface area (Å²) in [6, 6.07) is 9.69. The number of piperidine rings is 1. The van der Waals surface area contributed by atoms with Crippen LogP contribution in [-0.2, 0) is 4.79 Å². The highest BCUT2D eigenvalue weighted by Crippen LogP contribution is 2.21. The van der Waals surface area contributed by atoms with Gasteiger partial charge in [0.15, 0.2) is 0 Å². The van der Waals surface area contributed by atoms with Crippen LogP contribution in [-0.4, -0.2) is 36.0 Å². The van der Waals surface area contributed by atoms with E-state index in [1.54, 1.807) is 0 Å². The Labute approximate surface area is 121 Å². The molecule has 1 aliphatic rings. The largest absolute Gasteiger partial charge is 0.328 e. The van der Waals surface area contributed by atoms with Gasteiger partial charge in [0.25, 0.3) is 0 Å². The van der Waals surface area contributed by atoms with Gasteiger partial charge in [-0.25, -0.2) is 0 Å². The molecule has 1 heterocycles. The van der Waals surface area contributed by atoms with Gasteiger partial charge in [-0.05, 0) is 51.3 Å². The molecular weight excluding hydrogens is 250 g/mol. The molecule has 0 bridgehead atoms. The second kappa shape index (κ2) is 6.86. The lowest BCUT2D eigenvalue weighted by Gasteiger charge is -2.37. The van der Waals surface area contributed by atoms with Crippen LogP contribution in [0.1, 0.15) is 26.7 Å². The van der Waals surface area contributed by atoms with Crippen molar-refractivity contribution in [3.05, 3.63) is 30.3 Å². The molecule has 0 aliphatic carbocycles. The summed E-state index contributed by atoms with van der Waals surface area (Å²) in [7, 11) is 0. The fourth-order valence-corrected chi connectivity index (χ4v) is 2.76. The van der Waals surface area contributed by atoms with Gasteiger partial charge in [-0.15, -0.1) is 0 Å². The fourth-order valence-electron chi connectivity index (χ4n) is 2.76. The maximum atomic E-state index is 12.3. The number of amides is 1. The van der Waals surface area contributed by atoms with Gasteiger partial charge in [0.1, 0.15) is 0 Å². The first-order chi connectivity index (χ1) is 9.58. The van der Waals surface area contributed by atoms with Crippen LogP contribution < -0.4 is 11.1 Å². The minimum Gasteiger partial charge on any atom is -0.328 e. The van der Waals surface area contributed by atoms with E-state index >= 15 is 0 Å². The van der Waals surface area contributed by atoms with E-state index in [0.717, 1.165) is 25.2 Å². The summed E-state index contributed by atoms with van der Waals surface area (Å²) in [5.74, 6) is 0.553. The van der Waals surface area contributed by atoms with E-state index in [0.29, 0.717) is 5.92 Å². The number of likely N-dealkylation sites (tertiary alicyclic amines) is 1. The number of hydrogen-bond donors (Lipinski definition) is 2. The monoisotopic (exact) mass is 275 g/mol. The minimum absolute atomic E-state index is 0.0570. The van der Waals surface area contributed by atoms with Crippen LogP contribution in [0.5, 0.6) is 0 Å². The third-order valence-corrected chi connectivity index (χ3v) is 4.20. The number of para-hydroxylation sites is 1. The average Bonchev–Trinajstić information content (AvgIpc) is 2.47. The number of anilines is 1. The number of benzene rings is 1. The Morgan fingerprint density at radius 1 is 1.35 bits per heavy atom. The minimum atomic E-state index is -0.114. The maximum Gasteiger partial charge on any atom is 0.241 e. The molecule has 0 aromatic heterocycles. The predicted octanol–water partition coefficient (Wildman–Crippen LogP) is 2.07. The van der Waals surface area contributed by atoms with Gasteiger partial charge in [-0.1, -0.05) is 18.2 Å². The Morgan fingerprint density at radius 3 is 2.70 bits per heavy atom. The molecule has 1 aliphatic heterocycles. The molecule has 0 radical (unpaired) electrons. The summed E-state index contributed by atoms with van der Waals surface area (Å²) in [6.07, 6.45) is 2.29. The van der Waals surface area contributed by atoms with Crippen LogP contribution in [0.2, 0.25) is 0 Å². The summed E-state index contributed by atoms with van der Waals surface area (Å²) < 4.78 is 0. The normalized spacial score (nSPS) is 23.1. The highest BCUT2D eigenvalue weighted by molar-refractivity contribution is 5.94. The van der Waals surface area contributed by atoms with Gasteiger partial charge in [0, 0.05) is 18.3 Å². The van der Waals surface area contributed by atoms with E-state index in [1.165, 1.54) is 6.42 Å². The first-order valence-corrected chi connectivity index (χ1v) is 7.43. The molecule has 0 spiro atoms. The van der Waals surface area contributed by atoms with Crippen molar-refractivity contribution in [3.8, 4) is 0 Å². The summed E-state index contributed by atoms with van der Waals surface area (Å²) in [5, 5.41) is 2.97. The lowest BCUT2D eigenvalue weighted by Crippen LogP contribution is -2.49. The molecule has 2 rings (SSSR count). The van der Waals surface area contributed by atoms with Crippen LogP contribution in [0.4, 0.5) is 5.69 Å². The van der Waals surface area contributed by atoms with Crippen LogP contribution in [0.3, 0.4) is 0 Å². The van der Waals surface area contributed by atoms with Crippen LogP contribution in [0.25, 0.3) is 0 Å². The van der Waals surface area contributed by atoms with Crippen molar-refractivity contribution in [3.63, 3.8) is 0 Å². The summed E-state index contributed by atoms with van der Waals surface area (Å²) in [5.41, 5.74) is 6.85. The topological polar surface area (TPSA) is 58.4 Å². The zero-order chi connectivity index (χ0) is 14.5. The lowest BCUT2D eigenvalue weighted by atomic mass is 9.91. The van der Waals surface area contributed by atoms with Gasteiger partial charge in [-0.2, -0.15) is 0 Å². The lowest BCUT2D eigenvalue weighted by molar-refractivity contribution is -0.121. The first kappa shape index (κ1) is 15.0. The maximum absolute atomic E-state index is 12.3. The van der Waals surface area contributed by atoms with Crippen LogP contribution in [0.15, 0.2) is 30.3 Å². The second-order valence-electron chi connectivity index (χ2n) is 5.79. The first-order valence-electron chi connectivity index (χ1n) is 7.43. The number of rotatable bonds is 4. The molecule has 1 fully saturated rings. The van der Waals surface area contributed by atoms with Crippen molar-refractivity contribution in [2.24, 2.45) is 11.7 Å². The van der Waals surface area contributed by atoms with E-state index in [1.807, 2.05) is 37.3 Å². The highest BCUT2D eigenvalue weighted by Gasteiger charge is 2.28. The standard InChI is InChI=1S/C16H25N3O/c1-12(17)14-7-6-10-19(11-14)13(2)16(20)18-15-8-4-3-5-9-15/h3-5,8-9,12-14H,6-7,10-11,17H2,1-2H3,(H,18,20). The molecule has 1 aromatic carbocycles. The van der Waals surface area contributed by atoms with Crippen LogP contribution >= 0.6 is 0 Å². The van der Waals surface area contributed by atoms with E-state index in [2.05, 4.69) is 17.1 Å². The molecule has 1 saturated heterocycles. The number of hydrogen-bond acceptors (Lipinski definition) is 3. The van der Waals surface area contributed by atoms with Gasteiger partial charge in [0.05, 0.1) is 6.04 Å². The Hall–Kier alpha value is -1.39. The molecule has 110 valence electrons. The summed E-state index contributed by atoms with van der Waals surface area (Å²) >= 11 is 0. The van der Waals surface area contributed by atoms with Crippen molar-refractivity contribution in [2.75, 3.05) is 18.4 Å². The zero-order valence-electron chi connectivity index (χ0n) is 12.4. The average molecular weight is 275 g/mol. The van der Waals surface area contributed by atoms with Crippen molar-refractivity contribution >= 4 is 11.6 Å². The second-order valence-corrected chi connectivity index (χ2v) is 5.79. The van der Waals surface area contributed by atoms with Gasteiger partial charge < -0.3 is 11.1 Å². The Kier molecular flexibility index (Phi) is 5.15. The third-order valence-electron chi connectivity index (χ3n) is 4.20. The van der Waals surface area contributed by atoms with Crippen LogP contribution in [0, 0.1) is 5.92 Å². The summed E-state index contributed by atoms with van der Waals surface area (Å²) in [4.78, 5) is 14.6. The number of carbonyl (C=O) groups is 1. The number of nitrogens with two attached hydrogens (primary N) is 1. The number of nitrogens with zero attached hydrogens (tertiary/aromatic N) is 1. The number of carbonyl (C=O) groups excluding carboxylic acids is 1. The van der Waals surface area contributed by atoms with Crippen molar-refractivity contribution in [2.45, 2.75) is 38.8 Å². The Balaban J connectivity index is 1.93. The molecule has 1 aromatic rings. The summed E-state index contributed by atoms with van der Waals surface area (Å²) in [6.45, 7) is 5.93. The molecule has 3 N–H and O–H groups in total. The SMILES string of the molecule is CC(N)C1CCCN(C(C)C(=O)Nc2ccccc2)C1. The Bertz CT molecular complexity index is 433. The van der Waals surface area contributed by atoms with Gasteiger partial charge in [-0.3, -0.25) is 9.69 Å². The van der Waals surface area contributed by atoms with Gasteiger partial charge in [0.2, 0.25) is 5.91 Å². The van der Waals surface area contributed by atoms with Crippen molar-refractivity contribution < 1.29 is 4.79 Å². The molecule has 3 unspecified atom stereocenters. The van der Waals surface area contributed by atoms with Crippen molar-refractivity contribution in [1.82, 2.24) is 4.90 Å². The van der Waals surface area contributed by atoms with E-state index in [9.17, 15) is 4.79 Å². The third kappa shape index (κ3) is 3.81.